The van der Waals surface area contributed by atoms with Gasteiger partial charge in [0.05, 0.1) is 22.2 Å². The van der Waals surface area contributed by atoms with E-state index in [0.29, 0.717) is 22.4 Å². The van der Waals surface area contributed by atoms with Crippen LogP contribution in [0.5, 0.6) is 0 Å². The van der Waals surface area contributed by atoms with Gasteiger partial charge in [-0.3, -0.25) is 9.36 Å². The molecule has 0 saturated heterocycles. The van der Waals surface area contributed by atoms with E-state index in [2.05, 4.69) is 4.98 Å². The molecule has 0 atom stereocenters. The molecule has 0 radical (unpaired) electrons. The minimum atomic E-state index is -1.01. The third-order valence-corrected chi connectivity index (χ3v) is 4.40. The Morgan fingerprint density at radius 3 is 2.25 bits per heavy atom. The predicted molar refractivity (Wildman–Crippen MR) is 110 cm³/mol. The third kappa shape index (κ3) is 3.33. The lowest BCUT2D eigenvalue weighted by atomic mass is 10.2. The number of hydrogen-bond acceptors (Lipinski definition) is 3. The monoisotopic (exact) mass is 368 g/mol. The van der Waals surface area contributed by atoms with Crippen LogP contribution in [0.1, 0.15) is 21.7 Å². The lowest BCUT2D eigenvalue weighted by molar-refractivity contribution is 0.0697. The molecule has 5 heteroatoms. The number of carboxylic acids is 1. The molecule has 3 aromatic carbocycles. The van der Waals surface area contributed by atoms with Crippen molar-refractivity contribution in [3.8, 4) is 5.69 Å². The Morgan fingerprint density at radius 1 is 0.857 bits per heavy atom. The van der Waals surface area contributed by atoms with Gasteiger partial charge in [0.2, 0.25) is 0 Å². The number of benzene rings is 3. The number of nitrogens with zero attached hydrogens (tertiary/aromatic N) is 2. The highest BCUT2D eigenvalue weighted by atomic mass is 16.4. The summed E-state index contributed by atoms with van der Waals surface area (Å²) in [7, 11) is 0. The number of rotatable bonds is 4. The molecule has 1 aromatic heterocycles. The number of para-hydroxylation sites is 1. The summed E-state index contributed by atoms with van der Waals surface area (Å²) in [5.74, 6) is -0.546. The second kappa shape index (κ2) is 7.32. The normalized spacial score (nSPS) is 11.1. The van der Waals surface area contributed by atoms with Crippen LogP contribution in [0.3, 0.4) is 0 Å². The van der Waals surface area contributed by atoms with Crippen molar-refractivity contribution in [3.63, 3.8) is 0 Å². The molecule has 0 fully saturated rings. The molecule has 4 aromatic rings. The molecule has 5 nitrogen and oxygen atoms in total. The molecule has 0 aliphatic carbocycles. The van der Waals surface area contributed by atoms with Crippen molar-refractivity contribution >= 4 is 29.0 Å². The number of carbonyl (C=O) groups is 1. The fraction of sp³-hybridized carbons (Fsp3) is 0. The van der Waals surface area contributed by atoms with E-state index in [-0.39, 0.29) is 11.1 Å². The Morgan fingerprint density at radius 2 is 1.54 bits per heavy atom. The summed E-state index contributed by atoms with van der Waals surface area (Å²) in [6.45, 7) is 0. The molecule has 1 heterocycles. The van der Waals surface area contributed by atoms with Gasteiger partial charge >= 0.3 is 5.97 Å². The highest BCUT2D eigenvalue weighted by Crippen LogP contribution is 2.16. The van der Waals surface area contributed by atoms with E-state index in [1.807, 2.05) is 42.5 Å². The van der Waals surface area contributed by atoms with Crippen molar-refractivity contribution < 1.29 is 9.90 Å². The topological polar surface area (TPSA) is 72.2 Å². The smallest absolute Gasteiger partial charge is 0.335 e. The predicted octanol–water partition coefficient (Wildman–Crippen LogP) is 4.25. The van der Waals surface area contributed by atoms with Crippen LogP contribution >= 0.6 is 0 Å². The molecule has 0 amide bonds. The number of hydrogen-bond donors (Lipinski definition) is 1. The summed E-state index contributed by atoms with van der Waals surface area (Å²) in [5.41, 5.74) is 2.10. The summed E-state index contributed by atoms with van der Waals surface area (Å²) in [6, 6.07) is 23.1. The number of aromatic nitrogens is 2. The van der Waals surface area contributed by atoms with E-state index in [9.17, 15) is 9.59 Å². The molecular weight excluding hydrogens is 352 g/mol. The van der Waals surface area contributed by atoms with Gasteiger partial charge in [-0.15, -0.1) is 0 Å². The molecule has 136 valence electrons. The summed E-state index contributed by atoms with van der Waals surface area (Å²) >= 11 is 0. The molecule has 0 aliphatic heterocycles. The second-order valence-corrected chi connectivity index (χ2v) is 6.22. The van der Waals surface area contributed by atoms with Crippen molar-refractivity contribution in [1.29, 1.82) is 0 Å². The zero-order valence-electron chi connectivity index (χ0n) is 14.8. The van der Waals surface area contributed by atoms with Gasteiger partial charge in [-0.25, -0.2) is 9.78 Å². The van der Waals surface area contributed by atoms with E-state index in [4.69, 9.17) is 5.11 Å². The van der Waals surface area contributed by atoms with Gasteiger partial charge in [-0.2, -0.15) is 0 Å². The molecule has 0 unspecified atom stereocenters. The molecule has 0 bridgehead atoms. The lowest BCUT2D eigenvalue weighted by Crippen LogP contribution is -2.22. The molecular formula is C23H16N2O3. The van der Waals surface area contributed by atoms with Gasteiger partial charge in [-0.05, 0) is 48.0 Å². The van der Waals surface area contributed by atoms with Gasteiger partial charge in [0.15, 0.2) is 0 Å². The summed E-state index contributed by atoms with van der Waals surface area (Å²) < 4.78 is 1.49. The average molecular weight is 368 g/mol. The van der Waals surface area contributed by atoms with Gasteiger partial charge < -0.3 is 5.11 Å². The van der Waals surface area contributed by atoms with Crippen molar-refractivity contribution in [1.82, 2.24) is 9.55 Å². The summed E-state index contributed by atoms with van der Waals surface area (Å²) in [4.78, 5) is 28.9. The van der Waals surface area contributed by atoms with E-state index in [1.54, 1.807) is 36.4 Å². The Labute approximate surface area is 160 Å². The standard InChI is InChI=1S/C23H16N2O3/c26-22-19-8-4-5-9-20(19)24-21(15-10-16-6-2-1-3-7-16)25(22)18-13-11-17(12-14-18)23(27)28/h1-15H,(H,27,28). The maximum Gasteiger partial charge on any atom is 0.335 e. The van der Waals surface area contributed by atoms with Crippen molar-refractivity contribution in [2.75, 3.05) is 0 Å². The summed E-state index contributed by atoms with van der Waals surface area (Å²) in [6.07, 6.45) is 3.67. The van der Waals surface area contributed by atoms with Crippen molar-refractivity contribution in [3.05, 3.63) is 106 Å². The first-order chi connectivity index (χ1) is 13.6. The number of aromatic carboxylic acids is 1. The van der Waals surface area contributed by atoms with Crippen LogP contribution in [0, 0.1) is 0 Å². The molecule has 0 spiro atoms. The second-order valence-electron chi connectivity index (χ2n) is 6.22. The van der Waals surface area contributed by atoms with Gasteiger partial charge in [-0.1, -0.05) is 48.5 Å². The number of fused-ring (bicyclic) bond motifs is 1. The van der Waals surface area contributed by atoms with Crippen LogP contribution in [0.2, 0.25) is 0 Å². The highest BCUT2D eigenvalue weighted by molar-refractivity contribution is 5.88. The van der Waals surface area contributed by atoms with Crippen LogP contribution in [0.25, 0.3) is 28.7 Å². The van der Waals surface area contributed by atoms with E-state index in [1.165, 1.54) is 16.7 Å². The zero-order valence-corrected chi connectivity index (χ0v) is 14.8. The van der Waals surface area contributed by atoms with Crippen molar-refractivity contribution in [2.45, 2.75) is 0 Å². The van der Waals surface area contributed by atoms with Crippen molar-refractivity contribution in [2.24, 2.45) is 0 Å². The lowest BCUT2D eigenvalue weighted by Gasteiger charge is -2.11. The maximum atomic E-state index is 13.2. The quantitative estimate of drug-likeness (QED) is 0.584. The van der Waals surface area contributed by atoms with E-state index < -0.39 is 5.97 Å². The van der Waals surface area contributed by atoms with Crippen LogP contribution in [-0.4, -0.2) is 20.6 Å². The van der Waals surface area contributed by atoms with Crippen LogP contribution in [0.15, 0.2) is 83.7 Å². The van der Waals surface area contributed by atoms with Gasteiger partial charge in [0.1, 0.15) is 5.82 Å². The molecule has 4 rings (SSSR count). The Kier molecular flexibility index (Phi) is 4.56. The highest BCUT2D eigenvalue weighted by Gasteiger charge is 2.12. The van der Waals surface area contributed by atoms with Crippen LogP contribution in [-0.2, 0) is 0 Å². The SMILES string of the molecule is O=C(O)c1ccc(-n2c(C=Cc3ccccc3)nc3ccccc3c2=O)cc1. The first-order valence-electron chi connectivity index (χ1n) is 8.72. The Bertz CT molecular complexity index is 1240. The maximum absolute atomic E-state index is 13.2. The van der Waals surface area contributed by atoms with Crippen LogP contribution < -0.4 is 5.56 Å². The summed E-state index contributed by atoms with van der Waals surface area (Å²) in [5, 5.41) is 9.62. The van der Waals surface area contributed by atoms with E-state index in [0.717, 1.165) is 5.56 Å². The largest absolute Gasteiger partial charge is 0.478 e. The minimum absolute atomic E-state index is 0.159. The zero-order chi connectivity index (χ0) is 19.5. The Balaban J connectivity index is 1.92. The van der Waals surface area contributed by atoms with Crippen LogP contribution in [0.4, 0.5) is 0 Å². The first kappa shape index (κ1) is 17.4. The molecule has 1 N–H and O–H groups in total. The Hall–Kier alpha value is -3.99. The van der Waals surface area contributed by atoms with Gasteiger partial charge in [0, 0.05) is 0 Å². The average Bonchev–Trinajstić information content (AvgIpc) is 2.73. The fourth-order valence-corrected chi connectivity index (χ4v) is 3.00. The minimum Gasteiger partial charge on any atom is -0.478 e. The molecule has 28 heavy (non-hydrogen) atoms. The van der Waals surface area contributed by atoms with Gasteiger partial charge in [0.25, 0.3) is 5.56 Å². The first-order valence-corrected chi connectivity index (χ1v) is 8.72. The molecule has 0 aliphatic rings. The number of carboxylic acid groups (broad SMARTS) is 1. The molecule has 0 saturated carbocycles. The third-order valence-electron chi connectivity index (χ3n) is 4.40. The fourth-order valence-electron chi connectivity index (χ4n) is 3.00. The van der Waals surface area contributed by atoms with E-state index >= 15 is 0 Å².